The molecule has 230 valence electrons. The van der Waals surface area contributed by atoms with E-state index in [2.05, 4.69) is 11.4 Å². The number of fused-ring (bicyclic) bond motifs is 3. The number of benzene rings is 2. The number of ketones is 2. The van der Waals surface area contributed by atoms with Crippen molar-refractivity contribution in [3.63, 3.8) is 0 Å². The number of nitriles is 1. The van der Waals surface area contributed by atoms with Gasteiger partial charge in [-0.3, -0.25) is 14.4 Å². The molecule has 0 heterocycles. The number of nitrogens with zero attached hydrogens (tertiary/aromatic N) is 1. The molecular formula is C33H35N3O8. The molecule has 0 saturated heterocycles. The number of nitrogens with one attached hydrogen (secondary N) is 1. The Morgan fingerprint density at radius 2 is 1.91 bits per heavy atom. The third-order valence-electron chi connectivity index (χ3n) is 9.15. The third kappa shape index (κ3) is 4.62. The lowest BCUT2D eigenvalue weighted by Gasteiger charge is -2.50. The predicted octanol–water partition coefficient (Wildman–Crippen LogP) is 2.98. The quantitative estimate of drug-likeness (QED) is 0.193. The summed E-state index contributed by atoms with van der Waals surface area (Å²) in [5, 5.41) is 57.4. The van der Waals surface area contributed by atoms with Gasteiger partial charge in [0, 0.05) is 42.5 Å². The fourth-order valence-corrected chi connectivity index (χ4v) is 7.19. The van der Waals surface area contributed by atoms with Crippen molar-refractivity contribution in [2.45, 2.75) is 45.3 Å². The van der Waals surface area contributed by atoms with Crippen LogP contribution < -0.4 is 15.8 Å². The molecule has 1 fully saturated rings. The van der Waals surface area contributed by atoms with Gasteiger partial charge in [0.2, 0.25) is 5.78 Å². The Labute approximate surface area is 254 Å². The van der Waals surface area contributed by atoms with E-state index in [4.69, 9.17) is 15.7 Å². The number of ether oxygens (including phenoxy) is 1. The Balaban J connectivity index is 1.67. The molecule has 1 amide bonds. The molecule has 44 heavy (non-hydrogen) atoms. The van der Waals surface area contributed by atoms with Crippen LogP contribution in [-0.4, -0.2) is 57.2 Å². The van der Waals surface area contributed by atoms with E-state index in [0.29, 0.717) is 42.0 Å². The van der Waals surface area contributed by atoms with Crippen molar-refractivity contribution >= 4 is 23.2 Å². The number of hydrogen-bond donors (Lipinski definition) is 6. The van der Waals surface area contributed by atoms with Crippen LogP contribution in [0.25, 0.3) is 16.9 Å². The molecule has 1 saturated carbocycles. The molecule has 0 aromatic heterocycles. The van der Waals surface area contributed by atoms with Crippen LogP contribution in [0.15, 0.2) is 47.2 Å². The van der Waals surface area contributed by atoms with Crippen molar-refractivity contribution in [3.05, 3.63) is 63.9 Å². The fourth-order valence-electron chi connectivity index (χ4n) is 7.19. The zero-order chi connectivity index (χ0) is 32.1. The van der Waals surface area contributed by atoms with Crippen LogP contribution in [0.4, 0.5) is 0 Å². The standard InChI is InChI=1S/C33H35N3O8/c1-15(2)24-21-13-17-12-20-18(19-11-16(5-8-23(19)44-3)14-36-10-4-9-34)6-7-22(37)26(20)29(39)25(17)30(40)33(21,43)31(41)27(28(24)38)32(35)42/h5-8,11,15,17,21,24,36-37,39,41,43H,4,10,12-14H2,1-3H3,(H2,35,42)/t17-,21-,24-,33-/m0/s1. The smallest absolute Gasteiger partial charge is 0.255 e. The number of carbonyl (C=O) groups is 3. The summed E-state index contributed by atoms with van der Waals surface area (Å²) in [5.74, 6) is -7.63. The molecule has 7 N–H and O–H groups in total. The van der Waals surface area contributed by atoms with Crippen molar-refractivity contribution < 1.29 is 39.5 Å². The lowest BCUT2D eigenvalue weighted by molar-refractivity contribution is -0.155. The van der Waals surface area contributed by atoms with Crippen LogP contribution in [0.1, 0.15) is 43.4 Å². The summed E-state index contributed by atoms with van der Waals surface area (Å²) in [5.41, 5.74) is 4.52. The van der Waals surface area contributed by atoms with Crippen LogP contribution in [0.2, 0.25) is 0 Å². The second kappa shape index (κ2) is 11.4. The highest BCUT2D eigenvalue weighted by atomic mass is 16.5. The number of methoxy groups -OCH3 is 1. The topological polar surface area (TPSA) is 203 Å². The molecule has 3 aliphatic carbocycles. The van der Waals surface area contributed by atoms with Crippen molar-refractivity contribution in [2.24, 2.45) is 29.4 Å². The van der Waals surface area contributed by atoms with E-state index >= 15 is 0 Å². The zero-order valence-corrected chi connectivity index (χ0v) is 24.7. The molecule has 5 rings (SSSR count). The first-order valence-electron chi connectivity index (χ1n) is 14.5. The van der Waals surface area contributed by atoms with Gasteiger partial charge in [-0.25, -0.2) is 0 Å². The minimum Gasteiger partial charge on any atom is -0.508 e. The average Bonchev–Trinajstić information content (AvgIpc) is 2.97. The van der Waals surface area contributed by atoms with Gasteiger partial charge in [-0.2, -0.15) is 5.26 Å². The number of aliphatic hydroxyl groups is 3. The zero-order valence-electron chi connectivity index (χ0n) is 24.7. The van der Waals surface area contributed by atoms with E-state index in [1.807, 2.05) is 12.1 Å². The maximum absolute atomic E-state index is 14.1. The number of phenolic OH excluding ortho intramolecular Hbond substituents is 1. The van der Waals surface area contributed by atoms with Crippen LogP contribution in [0.5, 0.6) is 11.5 Å². The Morgan fingerprint density at radius 3 is 2.55 bits per heavy atom. The lowest BCUT2D eigenvalue weighted by Crippen LogP contribution is -2.62. The van der Waals surface area contributed by atoms with Crippen molar-refractivity contribution in [2.75, 3.05) is 13.7 Å². The number of rotatable bonds is 8. The number of hydrogen-bond acceptors (Lipinski definition) is 10. The highest BCUT2D eigenvalue weighted by Gasteiger charge is 2.64. The van der Waals surface area contributed by atoms with E-state index in [9.17, 15) is 34.8 Å². The first-order chi connectivity index (χ1) is 20.9. The van der Waals surface area contributed by atoms with Gasteiger partial charge >= 0.3 is 0 Å². The summed E-state index contributed by atoms with van der Waals surface area (Å²) >= 11 is 0. The molecule has 4 atom stereocenters. The first-order valence-corrected chi connectivity index (χ1v) is 14.5. The van der Waals surface area contributed by atoms with E-state index in [0.717, 1.165) is 5.56 Å². The third-order valence-corrected chi connectivity index (χ3v) is 9.15. The van der Waals surface area contributed by atoms with Crippen LogP contribution in [0, 0.1) is 35.0 Å². The van der Waals surface area contributed by atoms with Crippen LogP contribution >= 0.6 is 0 Å². The highest BCUT2D eigenvalue weighted by molar-refractivity contribution is 6.23. The summed E-state index contributed by atoms with van der Waals surface area (Å²) in [6.07, 6.45) is 0.552. The van der Waals surface area contributed by atoms with Crippen LogP contribution in [-0.2, 0) is 27.3 Å². The largest absolute Gasteiger partial charge is 0.508 e. The van der Waals surface area contributed by atoms with Gasteiger partial charge in [-0.1, -0.05) is 26.0 Å². The molecule has 0 spiro atoms. The summed E-state index contributed by atoms with van der Waals surface area (Å²) in [6, 6.07) is 10.8. The predicted molar refractivity (Wildman–Crippen MR) is 159 cm³/mol. The number of aromatic hydroxyl groups is 1. The molecule has 0 unspecified atom stereocenters. The van der Waals surface area contributed by atoms with E-state index < -0.39 is 63.8 Å². The Bertz CT molecular complexity index is 1680. The minimum absolute atomic E-state index is 0.00893. The average molecular weight is 602 g/mol. The van der Waals surface area contributed by atoms with Crippen LogP contribution in [0.3, 0.4) is 0 Å². The molecule has 11 nitrogen and oxygen atoms in total. The number of carbonyl (C=O) groups excluding carboxylic acids is 3. The first kappa shape index (κ1) is 30.8. The summed E-state index contributed by atoms with van der Waals surface area (Å²) in [4.78, 5) is 39.7. The lowest BCUT2D eigenvalue weighted by atomic mass is 9.54. The summed E-state index contributed by atoms with van der Waals surface area (Å²) in [7, 11) is 1.53. The molecule has 3 aliphatic rings. The molecule has 0 radical (unpaired) electrons. The second-order valence-electron chi connectivity index (χ2n) is 11.9. The Morgan fingerprint density at radius 1 is 1.18 bits per heavy atom. The number of nitrogens with two attached hydrogens (primary N) is 1. The summed E-state index contributed by atoms with van der Waals surface area (Å²) in [6.45, 7) is 4.44. The monoisotopic (exact) mass is 601 g/mol. The number of primary amides is 1. The molecule has 2 aromatic carbocycles. The Kier molecular flexibility index (Phi) is 8.01. The van der Waals surface area contributed by atoms with Gasteiger partial charge in [-0.15, -0.1) is 0 Å². The molecule has 0 aliphatic heterocycles. The SMILES string of the molecule is COc1ccc(CNCCC#N)cc1-c1ccc(O)c2c1C[C@H]1C[C@H]3[C@H](C(C)C)C(=O)C(C(N)=O)=C(O)[C@@]3(O)C(=O)C1=C2O. The van der Waals surface area contributed by atoms with Crippen molar-refractivity contribution in [1.82, 2.24) is 5.32 Å². The molecule has 0 bridgehead atoms. The van der Waals surface area contributed by atoms with Gasteiger partial charge < -0.3 is 36.2 Å². The molecule has 2 aromatic rings. The highest BCUT2D eigenvalue weighted by Crippen LogP contribution is 2.55. The fraction of sp³-hybridized carbons (Fsp3) is 0.394. The van der Waals surface area contributed by atoms with Gasteiger partial charge in [0.15, 0.2) is 11.4 Å². The van der Waals surface area contributed by atoms with Gasteiger partial charge in [0.1, 0.15) is 28.6 Å². The van der Waals surface area contributed by atoms with E-state index in [-0.39, 0.29) is 29.7 Å². The number of Topliss-reactive ketones (excluding diaryl/α,β-unsaturated/α-hetero) is 2. The van der Waals surface area contributed by atoms with Crippen molar-refractivity contribution in [1.29, 1.82) is 5.26 Å². The van der Waals surface area contributed by atoms with Crippen molar-refractivity contribution in [3.8, 4) is 28.7 Å². The van der Waals surface area contributed by atoms with Gasteiger partial charge in [-0.05, 0) is 59.6 Å². The normalized spacial score (nSPS) is 24.5. The molecular weight excluding hydrogens is 566 g/mol. The summed E-state index contributed by atoms with van der Waals surface area (Å²) < 4.78 is 5.65. The molecule has 11 heteroatoms. The second-order valence-corrected chi connectivity index (χ2v) is 11.9. The number of phenols is 1. The van der Waals surface area contributed by atoms with E-state index in [1.165, 1.54) is 13.2 Å². The van der Waals surface area contributed by atoms with E-state index in [1.54, 1.807) is 26.0 Å². The number of aliphatic hydroxyl groups excluding tert-OH is 2. The van der Waals surface area contributed by atoms with Gasteiger partial charge in [0.05, 0.1) is 18.7 Å². The minimum atomic E-state index is -2.66. The number of amides is 1. The van der Waals surface area contributed by atoms with Gasteiger partial charge in [0.25, 0.3) is 5.91 Å². The Hall–Kier alpha value is -4.66. The maximum atomic E-state index is 14.1. The maximum Gasteiger partial charge on any atom is 0.255 e.